The molecule has 2 rings (SSSR count). The molecule has 0 bridgehead atoms. The predicted molar refractivity (Wildman–Crippen MR) is 56.9 cm³/mol. The molecule has 0 aromatic rings. The maximum absolute atomic E-state index is 5.07. The fourth-order valence-electron chi connectivity index (χ4n) is 1.99. The Morgan fingerprint density at radius 1 is 0.769 bits per heavy atom. The Hall–Kier alpha value is -0.0400. The molecule has 0 amide bonds. The molecule has 13 heavy (non-hydrogen) atoms. The van der Waals surface area contributed by atoms with Crippen LogP contribution < -0.4 is 0 Å². The lowest BCUT2D eigenvalue weighted by Gasteiger charge is -2.15. The quantitative estimate of drug-likeness (QED) is 0.557. The normalized spacial score (nSPS) is 24.7. The van der Waals surface area contributed by atoms with Crippen molar-refractivity contribution < 1.29 is 4.74 Å². The van der Waals surface area contributed by atoms with Crippen molar-refractivity contribution in [2.75, 3.05) is 13.2 Å². The van der Waals surface area contributed by atoms with Crippen molar-refractivity contribution in [2.24, 2.45) is 5.92 Å². The summed E-state index contributed by atoms with van der Waals surface area (Å²) in [5.41, 5.74) is 0. The minimum atomic E-state index is 1.00. The number of ether oxygens (including phenoxy) is 1. The first-order valence-electron chi connectivity index (χ1n) is 5.97. The largest absolute Gasteiger partial charge is 0.381 e. The summed E-state index contributed by atoms with van der Waals surface area (Å²) in [5, 5.41) is 0. The molecular weight excluding hydrogens is 160 g/mol. The summed E-state index contributed by atoms with van der Waals surface area (Å²) < 4.78 is 5.07. The van der Waals surface area contributed by atoms with Gasteiger partial charge in [0.05, 0.1) is 0 Å². The number of hydrogen-bond acceptors (Lipinski definition) is 1. The molecule has 1 heteroatoms. The van der Waals surface area contributed by atoms with E-state index in [1.165, 1.54) is 51.4 Å². The summed E-state index contributed by atoms with van der Waals surface area (Å²) in [7, 11) is 0. The van der Waals surface area contributed by atoms with E-state index in [2.05, 4.69) is 6.92 Å². The van der Waals surface area contributed by atoms with Crippen LogP contribution in [-0.2, 0) is 4.74 Å². The van der Waals surface area contributed by atoms with Gasteiger partial charge in [0.1, 0.15) is 0 Å². The Morgan fingerprint density at radius 3 is 1.54 bits per heavy atom. The molecule has 1 aliphatic heterocycles. The molecule has 1 saturated heterocycles. The highest BCUT2D eigenvalue weighted by atomic mass is 16.5. The van der Waals surface area contributed by atoms with Crippen LogP contribution in [0.5, 0.6) is 0 Å². The standard InChI is InChI=1S/C7H14.C5H10O/c1-7-5-3-2-4-6-7;1-2-4-6-5-3-1/h7H,2-6H2,1H3;1-5H2. The van der Waals surface area contributed by atoms with Gasteiger partial charge in [-0.3, -0.25) is 0 Å². The van der Waals surface area contributed by atoms with Gasteiger partial charge >= 0.3 is 0 Å². The number of rotatable bonds is 0. The third-order valence-electron chi connectivity index (χ3n) is 2.97. The second-order valence-corrected chi connectivity index (χ2v) is 4.42. The lowest BCUT2D eigenvalue weighted by atomic mass is 9.91. The van der Waals surface area contributed by atoms with E-state index < -0.39 is 0 Å². The fourth-order valence-corrected chi connectivity index (χ4v) is 1.99. The minimum absolute atomic E-state index is 1.00. The van der Waals surface area contributed by atoms with Gasteiger partial charge in [-0.25, -0.2) is 0 Å². The maximum Gasteiger partial charge on any atom is 0.0466 e. The zero-order valence-electron chi connectivity index (χ0n) is 9.06. The average Bonchev–Trinajstić information content (AvgIpc) is 2.22. The third kappa shape index (κ3) is 6.09. The van der Waals surface area contributed by atoms with Crippen molar-refractivity contribution in [2.45, 2.75) is 58.3 Å². The molecule has 0 N–H and O–H groups in total. The van der Waals surface area contributed by atoms with Crippen LogP contribution in [0.2, 0.25) is 0 Å². The molecule has 0 aromatic carbocycles. The Balaban J connectivity index is 0.000000132. The van der Waals surface area contributed by atoms with Crippen LogP contribution in [0.4, 0.5) is 0 Å². The van der Waals surface area contributed by atoms with E-state index in [0.717, 1.165) is 19.1 Å². The van der Waals surface area contributed by atoms with Gasteiger partial charge in [-0.1, -0.05) is 39.0 Å². The van der Waals surface area contributed by atoms with Crippen LogP contribution in [0.25, 0.3) is 0 Å². The zero-order chi connectivity index (χ0) is 9.36. The molecule has 2 fully saturated rings. The molecule has 78 valence electrons. The van der Waals surface area contributed by atoms with Gasteiger partial charge in [0.25, 0.3) is 0 Å². The molecule has 0 aromatic heterocycles. The topological polar surface area (TPSA) is 9.23 Å². The summed E-state index contributed by atoms with van der Waals surface area (Å²) in [5.74, 6) is 1.04. The van der Waals surface area contributed by atoms with Crippen LogP contribution in [0.1, 0.15) is 58.3 Å². The summed E-state index contributed by atoms with van der Waals surface area (Å²) >= 11 is 0. The highest BCUT2D eigenvalue weighted by Crippen LogP contribution is 2.22. The van der Waals surface area contributed by atoms with Gasteiger partial charge < -0.3 is 4.74 Å². The van der Waals surface area contributed by atoms with Crippen molar-refractivity contribution in [1.82, 2.24) is 0 Å². The summed E-state index contributed by atoms with van der Waals surface area (Å²) in [4.78, 5) is 0. The Morgan fingerprint density at radius 2 is 1.31 bits per heavy atom. The van der Waals surface area contributed by atoms with Crippen molar-refractivity contribution in [3.8, 4) is 0 Å². The molecule has 1 heterocycles. The van der Waals surface area contributed by atoms with Crippen LogP contribution in [-0.4, -0.2) is 13.2 Å². The first kappa shape index (κ1) is 11.0. The summed E-state index contributed by atoms with van der Waals surface area (Å²) in [6.07, 6.45) is 11.4. The van der Waals surface area contributed by atoms with Crippen LogP contribution in [0.3, 0.4) is 0 Å². The van der Waals surface area contributed by atoms with Crippen LogP contribution >= 0.6 is 0 Å². The molecule has 1 saturated carbocycles. The van der Waals surface area contributed by atoms with Gasteiger partial charge in [-0.05, 0) is 25.2 Å². The van der Waals surface area contributed by atoms with E-state index in [1.807, 2.05) is 0 Å². The molecule has 0 spiro atoms. The minimum Gasteiger partial charge on any atom is -0.381 e. The maximum atomic E-state index is 5.07. The Labute approximate surface area is 82.9 Å². The number of hydrogen-bond donors (Lipinski definition) is 0. The lowest BCUT2D eigenvalue weighted by molar-refractivity contribution is 0.0968. The van der Waals surface area contributed by atoms with Gasteiger partial charge in [0, 0.05) is 13.2 Å². The van der Waals surface area contributed by atoms with E-state index in [1.54, 1.807) is 0 Å². The smallest absolute Gasteiger partial charge is 0.0466 e. The Kier molecular flexibility index (Phi) is 6.26. The highest BCUT2D eigenvalue weighted by Gasteiger charge is 2.05. The van der Waals surface area contributed by atoms with Crippen LogP contribution in [0.15, 0.2) is 0 Å². The highest BCUT2D eigenvalue weighted by molar-refractivity contribution is 4.59. The van der Waals surface area contributed by atoms with E-state index in [0.29, 0.717) is 0 Å². The van der Waals surface area contributed by atoms with Crippen molar-refractivity contribution in [3.63, 3.8) is 0 Å². The van der Waals surface area contributed by atoms with E-state index in [9.17, 15) is 0 Å². The zero-order valence-corrected chi connectivity index (χ0v) is 9.06. The monoisotopic (exact) mass is 184 g/mol. The first-order valence-corrected chi connectivity index (χ1v) is 5.97. The van der Waals surface area contributed by atoms with Crippen molar-refractivity contribution in [3.05, 3.63) is 0 Å². The molecule has 2 aliphatic rings. The van der Waals surface area contributed by atoms with E-state index in [-0.39, 0.29) is 0 Å². The summed E-state index contributed by atoms with van der Waals surface area (Å²) in [6, 6.07) is 0. The average molecular weight is 184 g/mol. The molecule has 0 atom stereocenters. The van der Waals surface area contributed by atoms with E-state index >= 15 is 0 Å². The molecule has 1 nitrogen and oxygen atoms in total. The van der Waals surface area contributed by atoms with Crippen molar-refractivity contribution >= 4 is 0 Å². The third-order valence-corrected chi connectivity index (χ3v) is 2.97. The molecule has 0 unspecified atom stereocenters. The van der Waals surface area contributed by atoms with Gasteiger partial charge in [0.2, 0.25) is 0 Å². The predicted octanol–water partition coefficient (Wildman–Crippen LogP) is 3.77. The van der Waals surface area contributed by atoms with Crippen LogP contribution in [0, 0.1) is 5.92 Å². The first-order chi connectivity index (χ1) is 6.39. The molecule has 0 radical (unpaired) electrons. The second kappa shape index (κ2) is 7.37. The SMILES string of the molecule is C1CCOCC1.CC1CCCCC1. The lowest BCUT2D eigenvalue weighted by Crippen LogP contribution is -2.03. The second-order valence-electron chi connectivity index (χ2n) is 4.42. The molecular formula is C12H24O. The van der Waals surface area contributed by atoms with E-state index in [4.69, 9.17) is 4.74 Å². The van der Waals surface area contributed by atoms with Gasteiger partial charge in [0.15, 0.2) is 0 Å². The van der Waals surface area contributed by atoms with Gasteiger partial charge in [-0.15, -0.1) is 0 Å². The van der Waals surface area contributed by atoms with Crippen molar-refractivity contribution in [1.29, 1.82) is 0 Å². The molecule has 1 aliphatic carbocycles. The Bertz CT molecular complexity index is 90.2. The summed E-state index contributed by atoms with van der Waals surface area (Å²) in [6.45, 7) is 4.36. The fraction of sp³-hybridized carbons (Fsp3) is 1.00. The van der Waals surface area contributed by atoms with Gasteiger partial charge in [-0.2, -0.15) is 0 Å².